The number of amides is 1. The third-order valence-electron chi connectivity index (χ3n) is 6.60. The van der Waals surface area contributed by atoms with Crippen molar-refractivity contribution < 1.29 is 18.0 Å². The molecule has 1 aliphatic rings. The van der Waals surface area contributed by atoms with Crippen LogP contribution in [-0.4, -0.2) is 57.6 Å². The number of nitrogens with zero attached hydrogens (tertiary/aromatic N) is 3. The number of nitrogens with one attached hydrogen (secondary N) is 1. The van der Waals surface area contributed by atoms with E-state index in [4.69, 9.17) is 0 Å². The molecule has 0 aliphatic carbocycles. The molecule has 1 fully saturated rings. The van der Waals surface area contributed by atoms with Gasteiger partial charge >= 0.3 is 6.18 Å². The molecule has 1 amide bonds. The maximum absolute atomic E-state index is 13.4. The Balaban J connectivity index is 1.52. The largest absolute Gasteiger partial charge is 0.417 e. The Morgan fingerprint density at radius 1 is 0.889 bits per heavy atom. The van der Waals surface area contributed by atoms with Crippen LogP contribution in [0.2, 0.25) is 0 Å². The van der Waals surface area contributed by atoms with Gasteiger partial charge in [0.1, 0.15) is 0 Å². The fourth-order valence-corrected chi connectivity index (χ4v) is 4.60. The minimum atomic E-state index is -4.59. The molecule has 1 N–H and O–H groups in total. The van der Waals surface area contributed by atoms with Gasteiger partial charge in [0.05, 0.1) is 17.2 Å². The zero-order valence-corrected chi connectivity index (χ0v) is 20.5. The predicted molar refractivity (Wildman–Crippen MR) is 138 cm³/mol. The number of carbonyl (C=O) groups is 1. The number of rotatable bonds is 7. The van der Waals surface area contributed by atoms with Gasteiger partial charge in [0.2, 0.25) is 0 Å². The molecule has 1 saturated heterocycles. The van der Waals surface area contributed by atoms with Crippen molar-refractivity contribution in [2.75, 3.05) is 56.6 Å². The molecule has 4 rings (SSSR count). The molecule has 190 valence electrons. The van der Waals surface area contributed by atoms with Crippen molar-refractivity contribution in [1.29, 1.82) is 0 Å². The lowest BCUT2D eigenvalue weighted by molar-refractivity contribution is -0.137. The van der Waals surface area contributed by atoms with Crippen molar-refractivity contribution in [2.45, 2.75) is 12.2 Å². The molecule has 0 spiro atoms. The highest BCUT2D eigenvalue weighted by Crippen LogP contribution is 2.32. The molecule has 3 aromatic rings. The number of para-hydroxylation sites is 1. The average molecular weight is 497 g/mol. The van der Waals surface area contributed by atoms with E-state index in [0.717, 1.165) is 43.5 Å². The van der Waals surface area contributed by atoms with E-state index in [9.17, 15) is 18.0 Å². The second kappa shape index (κ2) is 11.0. The molecule has 1 atom stereocenters. The van der Waals surface area contributed by atoms with Gasteiger partial charge in [-0.15, -0.1) is 0 Å². The van der Waals surface area contributed by atoms with E-state index in [0.29, 0.717) is 0 Å². The van der Waals surface area contributed by atoms with E-state index in [2.05, 4.69) is 27.2 Å². The summed E-state index contributed by atoms with van der Waals surface area (Å²) in [5.41, 5.74) is 1.94. The highest BCUT2D eigenvalue weighted by Gasteiger charge is 2.35. The molecule has 0 bridgehead atoms. The van der Waals surface area contributed by atoms with Crippen molar-refractivity contribution >= 4 is 17.3 Å². The smallest absolute Gasteiger partial charge is 0.378 e. The molecule has 3 aromatic carbocycles. The summed E-state index contributed by atoms with van der Waals surface area (Å²) < 4.78 is 40.3. The minimum Gasteiger partial charge on any atom is -0.378 e. The van der Waals surface area contributed by atoms with E-state index in [-0.39, 0.29) is 18.2 Å². The number of hydrogen-bond acceptors (Lipinski definition) is 4. The summed E-state index contributed by atoms with van der Waals surface area (Å²) in [6, 6.07) is 23.0. The second-order valence-corrected chi connectivity index (χ2v) is 9.11. The average Bonchev–Trinajstić information content (AvgIpc) is 2.89. The number of benzene rings is 3. The fourth-order valence-electron chi connectivity index (χ4n) is 4.60. The maximum Gasteiger partial charge on any atom is 0.417 e. The molecule has 1 aliphatic heterocycles. The van der Waals surface area contributed by atoms with Gasteiger partial charge in [0, 0.05) is 58.2 Å². The number of halogens is 3. The summed E-state index contributed by atoms with van der Waals surface area (Å²) in [6.07, 6.45) is -4.59. The number of alkyl halides is 3. The summed E-state index contributed by atoms with van der Waals surface area (Å²) in [6.45, 7) is 3.38. The van der Waals surface area contributed by atoms with E-state index in [1.54, 1.807) is 0 Å². The first-order chi connectivity index (χ1) is 17.2. The van der Waals surface area contributed by atoms with E-state index in [1.807, 2.05) is 61.5 Å². The number of carbonyl (C=O) groups excluding carboxylic acids is 1. The van der Waals surface area contributed by atoms with Gasteiger partial charge in [-0.25, -0.2) is 0 Å². The molecule has 0 unspecified atom stereocenters. The van der Waals surface area contributed by atoms with Crippen LogP contribution in [0, 0.1) is 0 Å². The van der Waals surface area contributed by atoms with Crippen molar-refractivity contribution in [2.24, 2.45) is 0 Å². The second-order valence-electron chi connectivity index (χ2n) is 9.11. The van der Waals surface area contributed by atoms with E-state index >= 15 is 0 Å². The molecule has 8 heteroatoms. The van der Waals surface area contributed by atoms with Gasteiger partial charge in [-0.3, -0.25) is 9.69 Å². The molecule has 5 nitrogen and oxygen atoms in total. The van der Waals surface area contributed by atoms with Crippen LogP contribution in [0.15, 0.2) is 78.9 Å². The normalized spacial score (nSPS) is 15.4. The van der Waals surface area contributed by atoms with Crippen LogP contribution < -0.4 is 15.1 Å². The SMILES string of the molecule is CN(C)c1ccc([C@H](CNC(=O)c2ccccc2C(F)(F)F)N2CCN(c3ccccc3)CC2)cc1. The molecule has 36 heavy (non-hydrogen) atoms. The summed E-state index contributed by atoms with van der Waals surface area (Å²) in [5.74, 6) is -0.722. The van der Waals surface area contributed by atoms with Crippen LogP contribution in [0.3, 0.4) is 0 Å². The Kier molecular flexibility index (Phi) is 7.84. The molecule has 0 aromatic heterocycles. The van der Waals surface area contributed by atoms with Crippen LogP contribution in [0.4, 0.5) is 24.5 Å². The summed E-state index contributed by atoms with van der Waals surface area (Å²) in [7, 11) is 3.93. The van der Waals surface area contributed by atoms with Crippen LogP contribution in [0.1, 0.15) is 27.5 Å². The van der Waals surface area contributed by atoms with Crippen molar-refractivity contribution in [3.05, 3.63) is 95.6 Å². The van der Waals surface area contributed by atoms with Gasteiger partial charge in [-0.2, -0.15) is 13.2 Å². The predicted octanol–water partition coefficient (Wildman–Crippen LogP) is 5.06. The molecular formula is C28H31F3N4O. The lowest BCUT2D eigenvalue weighted by atomic mass is 10.0. The Labute approximate surface area is 210 Å². The third kappa shape index (κ3) is 5.99. The van der Waals surface area contributed by atoms with Crippen LogP contribution in [0.25, 0.3) is 0 Å². The van der Waals surface area contributed by atoms with Gasteiger partial charge in [-0.05, 0) is 42.0 Å². The summed E-state index contributed by atoms with van der Waals surface area (Å²) in [4.78, 5) is 19.5. The Bertz CT molecular complexity index is 1140. The number of anilines is 2. The lowest BCUT2D eigenvalue weighted by Gasteiger charge is -2.40. The first-order valence-corrected chi connectivity index (χ1v) is 12.0. The standard InChI is InChI=1S/C28H31F3N4O/c1-33(2)22-14-12-21(13-15-22)26(35-18-16-34(17-19-35)23-8-4-3-5-9-23)20-32-27(36)24-10-6-7-11-25(24)28(29,30)31/h3-15,26H,16-20H2,1-2H3,(H,32,36)/t26-/m0/s1. The Morgan fingerprint density at radius 3 is 2.11 bits per heavy atom. The topological polar surface area (TPSA) is 38.8 Å². The fraction of sp³-hybridized carbons (Fsp3) is 0.321. The van der Waals surface area contributed by atoms with Crippen molar-refractivity contribution in [3.63, 3.8) is 0 Å². The number of piperazine rings is 1. The van der Waals surface area contributed by atoms with Crippen LogP contribution in [0.5, 0.6) is 0 Å². The highest BCUT2D eigenvalue weighted by atomic mass is 19.4. The highest BCUT2D eigenvalue weighted by molar-refractivity contribution is 5.95. The van der Waals surface area contributed by atoms with Gasteiger partial charge < -0.3 is 15.1 Å². The Morgan fingerprint density at radius 2 is 1.50 bits per heavy atom. The molecule has 0 radical (unpaired) electrons. The summed E-state index contributed by atoms with van der Waals surface area (Å²) in [5, 5.41) is 2.78. The van der Waals surface area contributed by atoms with Gasteiger partial charge in [-0.1, -0.05) is 42.5 Å². The van der Waals surface area contributed by atoms with E-state index in [1.165, 1.54) is 23.9 Å². The van der Waals surface area contributed by atoms with E-state index < -0.39 is 17.6 Å². The zero-order chi connectivity index (χ0) is 25.7. The maximum atomic E-state index is 13.4. The lowest BCUT2D eigenvalue weighted by Crippen LogP contribution is -2.50. The van der Waals surface area contributed by atoms with Crippen LogP contribution in [-0.2, 0) is 6.18 Å². The van der Waals surface area contributed by atoms with Crippen molar-refractivity contribution in [3.8, 4) is 0 Å². The minimum absolute atomic E-state index is 0.166. The van der Waals surface area contributed by atoms with Crippen LogP contribution >= 0.6 is 0 Å². The molecular weight excluding hydrogens is 465 g/mol. The monoisotopic (exact) mass is 496 g/mol. The molecule has 0 saturated carbocycles. The number of hydrogen-bond donors (Lipinski definition) is 1. The van der Waals surface area contributed by atoms with Gasteiger partial charge in [0.15, 0.2) is 0 Å². The Hall–Kier alpha value is -3.52. The van der Waals surface area contributed by atoms with Crippen molar-refractivity contribution in [1.82, 2.24) is 10.2 Å². The molecule has 1 heterocycles. The third-order valence-corrected chi connectivity index (χ3v) is 6.60. The first-order valence-electron chi connectivity index (χ1n) is 12.0. The van der Waals surface area contributed by atoms with Gasteiger partial charge in [0.25, 0.3) is 5.91 Å². The zero-order valence-electron chi connectivity index (χ0n) is 20.5. The quantitative estimate of drug-likeness (QED) is 0.496. The first kappa shape index (κ1) is 25.6. The summed E-state index contributed by atoms with van der Waals surface area (Å²) >= 11 is 0.